The van der Waals surface area contributed by atoms with E-state index in [9.17, 15) is 14.7 Å². The number of ether oxygens (including phenoxy) is 2. The molecule has 0 aliphatic rings. The van der Waals surface area contributed by atoms with Crippen LogP contribution in [0.25, 0.3) is 0 Å². The Morgan fingerprint density at radius 2 is 1.91 bits per heavy atom. The van der Waals surface area contributed by atoms with Crippen molar-refractivity contribution in [2.75, 3.05) is 26.2 Å². The molecule has 1 aromatic carbocycles. The van der Waals surface area contributed by atoms with Gasteiger partial charge in [0.2, 0.25) is 0 Å². The van der Waals surface area contributed by atoms with Crippen LogP contribution in [0.2, 0.25) is 0 Å². The predicted molar refractivity (Wildman–Crippen MR) is 82.6 cm³/mol. The lowest BCUT2D eigenvalue weighted by Crippen LogP contribution is -2.25. The first-order valence-electron chi connectivity index (χ1n) is 7.38. The Hall–Kier alpha value is -2.08. The summed E-state index contributed by atoms with van der Waals surface area (Å²) in [6.45, 7) is 8.76. The van der Waals surface area contributed by atoms with Crippen LogP contribution in [-0.2, 0) is 4.79 Å². The molecular formula is C16H23NO5. The molecule has 0 heterocycles. The summed E-state index contributed by atoms with van der Waals surface area (Å²) in [4.78, 5) is 24.4. The Kier molecular flexibility index (Phi) is 7.39. The van der Waals surface area contributed by atoms with Gasteiger partial charge in [-0.2, -0.15) is 0 Å². The first-order chi connectivity index (χ1) is 10.5. The molecule has 0 unspecified atom stereocenters. The largest absolute Gasteiger partial charge is 0.493 e. The zero-order chi connectivity index (χ0) is 16.5. The highest BCUT2D eigenvalue weighted by molar-refractivity contribution is 5.91. The Balaban J connectivity index is 2.65. The maximum atomic E-state index is 11.3. The van der Waals surface area contributed by atoms with Gasteiger partial charge in [-0.3, -0.25) is 4.79 Å². The van der Waals surface area contributed by atoms with E-state index in [4.69, 9.17) is 9.47 Å². The molecule has 122 valence electrons. The van der Waals surface area contributed by atoms with Gasteiger partial charge >= 0.3 is 11.9 Å². The summed E-state index contributed by atoms with van der Waals surface area (Å²) in [5, 5.41) is 9.22. The molecule has 6 nitrogen and oxygen atoms in total. The van der Waals surface area contributed by atoms with E-state index in [0.29, 0.717) is 6.61 Å². The molecular weight excluding hydrogens is 286 g/mol. The molecule has 0 saturated carbocycles. The monoisotopic (exact) mass is 309 g/mol. The third-order valence-electron chi connectivity index (χ3n) is 3.21. The number of benzene rings is 1. The van der Waals surface area contributed by atoms with Crippen LogP contribution in [0.1, 0.15) is 37.6 Å². The van der Waals surface area contributed by atoms with Crippen molar-refractivity contribution >= 4 is 11.9 Å². The van der Waals surface area contributed by atoms with Crippen LogP contribution in [0.5, 0.6) is 11.5 Å². The average molecular weight is 309 g/mol. The summed E-state index contributed by atoms with van der Waals surface area (Å²) in [7, 11) is 0. The normalized spacial score (nSPS) is 10.5. The summed E-state index contributed by atoms with van der Waals surface area (Å²) in [5.74, 6) is -1.14. The summed E-state index contributed by atoms with van der Waals surface area (Å²) < 4.78 is 10.4. The van der Waals surface area contributed by atoms with Crippen molar-refractivity contribution in [3.05, 3.63) is 23.8 Å². The van der Waals surface area contributed by atoms with Gasteiger partial charge < -0.3 is 19.5 Å². The lowest BCUT2D eigenvalue weighted by Gasteiger charge is -2.18. The van der Waals surface area contributed by atoms with Crippen molar-refractivity contribution in [1.82, 2.24) is 4.90 Å². The second kappa shape index (κ2) is 9.04. The fourth-order valence-electron chi connectivity index (χ4n) is 2.04. The van der Waals surface area contributed by atoms with Crippen LogP contribution in [0.3, 0.4) is 0 Å². The van der Waals surface area contributed by atoms with E-state index in [-0.39, 0.29) is 17.1 Å². The third-order valence-corrected chi connectivity index (χ3v) is 3.21. The van der Waals surface area contributed by atoms with Crippen molar-refractivity contribution in [1.29, 1.82) is 0 Å². The predicted octanol–water partition coefficient (Wildman–Crippen LogP) is 2.42. The molecule has 0 amide bonds. The molecule has 6 heteroatoms. The molecule has 0 atom stereocenters. The summed E-state index contributed by atoms with van der Waals surface area (Å²) >= 11 is 0. The average Bonchev–Trinajstić information content (AvgIpc) is 2.47. The molecule has 0 aliphatic heterocycles. The van der Waals surface area contributed by atoms with E-state index in [2.05, 4.69) is 18.7 Å². The summed E-state index contributed by atoms with van der Waals surface area (Å²) in [6.07, 6.45) is 0.812. The minimum atomic E-state index is -1.12. The van der Waals surface area contributed by atoms with E-state index in [0.717, 1.165) is 26.1 Å². The molecule has 0 saturated heterocycles. The number of nitrogens with zero attached hydrogens (tertiary/aromatic N) is 1. The van der Waals surface area contributed by atoms with Crippen LogP contribution < -0.4 is 9.47 Å². The SMILES string of the molecule is CCN(CC)CCCOc1ccc(OC(C)=O)cc1C(=O)O. The van der Waals surface area contributed by atoms with Gasteiger partial charge in [-0.1, -0.05) is 13.8 Å². The summed E-state index contributed by atoms with van der Waals surface area (Å²) in [6, 6.07) is 4.33. The molecule has 0 fully saturated rings. The van der Waals surface area contributed by atoms with E-state index < -0.39 is 11.9 Å². The van der Waals surface area contributed by atoms with Crippen molar-refractivity contribution < 1.29 is 24.2 Å². The second-order valence-electron chi connectivity index (χ2n) is 4.79. The molecule has 0 radical (unpaired) electrons. The van der Waals surface area contributed by atoms with E-state index in [1.54, 1.807) is 0 Å². The van der Waals surface area contributed by atoms with Crippen molar-refractivity contribution in [2.45, 2.75) is 27.2 Å². The summed E-state index contributed by atoms with van der Waals surface area (Å²) in [5.41, 5.74) is -0.0124. The molecule has 0 spiro atoms. The number of carboxylic acids is 1. The highest BCUT2D eigenvalue weighted by Crippen LogP contribution is 2.24. The number of rotatable bonds is 9. The lowest BCUT2D eigenvalue weighted by atomic mass is 10.2. The molecule has 0 aromatic heterocycles. The van der Waals surface area contributed by atoms with E-state index in [1.807, 2.05) is 0 Å². The van der Waals surface area contributed by atoms with Crippen LogP contribution >= 0.6 is 0 Å². The number of hydrogen-bond donors (Lipinski definition) is 1. The van der Waals surface area contributed by atoms with E-state index >= 15 is 0 Å². The number of carbonyl (C=O) groups is 2. The minimum Gasteiger partial charge on any atom is -0.493 e. The minimum absolute atomic E-state index is 0.0124. The second-order valence-corrected chi connectivity index (χ2v) is 4.79. The number of esters is 1. The first kappa shape index (κ1) is 18.0. The van der Waals surface area contributed by atoms with Crippen LogP contribution in [-0.4, -0.2) is 48.2 Å². The Morgan fingerprint density at radius 1 is 1.23 bits per heavy atom. The highest BCUT2D eigenvalue weighted by atomic mass is 16.5. The van der Waals surface area contributed by atoms with Crippen molar-refractivity contribution in [3.63, 3.8) is 0 Å². The van der Waals surface area contributed by atoms with Crippen LogP contribution in [0, 0.1) is 0 Å². The molecule has 1 N–H and O–H groups in total. The topological polar surface area (TPSA) is 76.1 Å². The number of carboxylic acid groups (broad SMARTS) is 1. The lowest BCUT2D eigenvalue weighted by molar-refractivity contribution is -0.131. The van der Waals surface area contributed by atoms with Gasteiger partial charge in [0.15, 0.2) is 0 Å². The van der Waals surface area contributed by atoms with Gasteiger partial charge in [0.1, 0.15) is 17.1 Å². The molecule has 1 aromatic rings. The van der Waals surface area contributed by atoms with E-state index in [1.165, 1.54) is 25.1 Å². The quantitative estimate of drug-likeness (QED) is 0.429. The van der Waals surface area contributed by atoms with Gasteiger partial charge in [-0.25, -0.2) is 4.79 Å². The Labute approximate surface area is 130 Å². The molecule has 1 rings (SSSR count). The molecule has 0 aliphatic carbocycles. The van der Waals surface area contributed by atoms with Crippen LogP contribution in [0.15, 0.2) is 18.2 Å². The van der Waals surface area contributed by atoms with Crippen molar-refractivity contribution in [2.24, 2.45) is 0 Å². The highest BCUT2D eigenvalue weighted by Gasteiger charge is 2.14. The maximum absolute atomic E-state index is 11.3. The van der Waals surface area contributed by atoms with Gasteiger partial charge in [0.25, 0.3) is 0 Å². The number of hydrogen-bond acceptors (Lipinski definition) is 5. The standard InChI is InChI=1S/C16H23NO5/c1-4-17(5-2)9-6-10-21-15-8-7-13(22-12(3)18)11-14(15)16(19)20/h7-8,11H,4-6,9-10H2,1-3H3,(H,19,20). The zero-order valence-corrected chi connectivity index (χ0v) is 13.3. The number of carbonyl (C=O) groups excluding carboxylic acids is 1. The molecule has 0 bridgehead atoms. The Bertz CT molecular complexity index is 511. The fourth-order valence-corrected chi connectivity index (χ4v) is 2.04. The first-order valence-corrected chi connectivity index (χ1v) is 7.38. The number of aromatic carboxylic acids is 1. The van der Waals surface area contributed by atoms with Gasteiger partial charge in [0, 0.05) is 13.5 Å². The van der Waals surface area contributed by atoms with Crippen molar-refractivity contribution in [3.8, 4) is 11.5 Å². The third kappa shape index (κ3) is 5.73. The molecule has 22 heavy (non-hydrogen) atoms. The van der Waals surface area contributed by atoms with Crippen LogP contribution in [0.4, 0.5) is 0 Å². The zero-order valence-electron chi connectivity index (χ0n) is 13.3. The smallest absolute Gasteiger partial charge is 0.339 e. The fraction of sp³-hybridized carbons (Fsp3) is 0.500. The Morgan fingerprint density at radius 3 is 2.45 bits per heavy atom. The van der Waals surface area contributed by atoms with Gasteiger partial charge in [0.05, 0.1) is 6.61 Å². The maximum Gasteiger partial charge on any atom is 0.339 e. The van der Waals surface area contributed by atoms with Gasteiger partial charge in [-0.05, 0) is 37.7 Å². The van der Waals surface area contributed by atoms with Gasteiger partial charge in [-0.15, -0.1) is 0 Å².